The van der Waals surface area contributed by atoms with Crippen LogP contribution >= 0.6 is 11.8 Å². The monoisotopic (exact) mass is 257 g/mol. The summed E-state index contributed by atoms with van der Waals surface area (Å²) in [5.74, 6) is 2.42. The first-order valence-corrected chi connectivity index (χ1v) is 6.56. The molecule has 0 saturated carbocycles. The number of rotatable bonds is 8. The summed E-state index contributed by atoms with van der Waals surface area (Å²) in [5.41, 5.74) is 0. The lowest BCUT2D eigenvalue weighted by Gasteiger charge is -2.11. The molecule has 1 N–H and O–H groups in total. The zero-order valence-electron chi connectivity index (χ0n) is 10.5. The summed E-state index contributed by atoms with van der Waals surface area (Å²) in [6.07, 6.45) is 2.55. The molecule has 0 amide bonds. The van der Waals surface area contributed by atoms with Gasteiger partial charge < -0.3 is 14.8 Å². The van der Waals surface area contributed by atoms with Gasteiger partial charge in [-0.15, -0.1) is 11.8 Å². The molecule has 0 unspecified atom stereocenters. The fourth-order valence-electron chi connectivity index (χ4n) is 1.31. The van der Waals surface area contributed by atoms with Crippen LogP contribution in [0.25, 0.3) is 0 Å². The molecule has 1 aromatic rings. The lowest BCUT2D eigenvalue weighted by Crippen LogP contribution is -2.04. The highest BCUT2D eigenvalue weighted by atomic mass is 32.2. The Hall–Kier alpha value is -1.01. The highest BCUT2D eigenvalue weighted by Gasteiger charge is 2.11. The second-order valence-corrected chi connectivity index (χ2v) is 4.37. The number of thioether (sulfide) groups is 1. The second kappa shape index (κ2) is 8.14. The molecule has 0 aliphatic carbocycles. The van der Waals surface area contributed by atoms with E-state index in [4.69, 9.17) is 9.47 Å². The topological polar surface area (TPSA) is 56.3 Å². The van der Waals surface area contributed by atoms with Crippen molar-refractivity contribution in [1.82, 2.24) is 9.97 Å². The molecule has 1 aromatic heterocycles. The molecule has 1 heterocycles. The summed E-state index contributed by atoms with van der Waals surface area (Å²) in [6.45, 7) is 3.59. The van der Waals surface area contributed by atoms with Gasteiger partial charge in [0.1, 0.15) is 11.4 Å². The lowest BCUT2D eigenvalue weighted by molar-refractivity contribution is 0.200. The molecule has 0 fully saturated rings. The molecule has 1 rings (SSSR count). The van der Waals surface area contributed by atoms with Crippen molar-refractivity contribution in [3.05, 3.63) is 6.33 Å². The molecule has 0 aliphatic heterocycles. The van der Waals surface area contributed by atoms with Crippen LogP contribution < -0.4 is 10.1 Å². The third-order valence-electron chi connectivity index (χ3n) is 2.05. The molecule has 0 bridgehead atoms. The number of anilines is 1. The number of nitrogens with one attached hydrogen (secondary N) is 1. The van der Waals surface area contributed by atoms with Crippen LogP contribution in [-0.4, -0.2) is 43.1 Å². The van der Waals surface area contributed by atoms with E-state index in [2.05, 4.69) is 15.3 Å². The Labute approximate surface area is 106 Å². The first-order chi connectivity index (χ1) is 8.33. The minimum Gasteiger partial charge on any atom is -0.490 e. The Balaban J connectivity index is 2.66. The van der Waals surface area contributed by atoms with Gasteiger partial charge in [0.05, 0.1) is 7.11 Å². The fourth-order valence-corrected chi connectivity index (χ4v) is 2.20. The van der Waals surface area contributed by atoms with Crippen molar-refractivity contribution in [3.63, 3.8) is 0 Å². The average Bonchev–Trinajstić information content (AvgIpc) is 2.35. The number of aromatic nitrogens is 2. The van der Waals surface area contributed by atoms with E-state index in [9.17, 15) is 0 Å². The van der Waals surface area contributed by atoms with Gasteiger partial charge in [0.2, 0.25) is 0 Å². The van der Waals surface area contributed by atoms with Crippen LogP contribution in [-0.2, 0) is 4.74 Å². The van der Waals surface area contributed by atoms with E-state index >= 15 is 0 Å². The van der Waals surface area contributed by atoms with Crippen molar-refractivity contribution in [2.75, 3.05) is 38.4 Å². The Morgan fingerprint density at radius 3 is 2.82 bits per heavy atom. The van der Waals surface area contributed by atoms with Gasteiger partial charge in [0.25, 0.3) is 0 Å². The summed E-state index contributed by atoms with van der Waals surface area (Å²) < 4.78 is 10.4. The first-order valence-electron chi connectivity index (χ1n) is 5.58. The van der Waals surface area contributed by atoms with Crippen molar-refractivity contribution in [2.24, 2.45) is 0 Å². The highest BCUT2D eigenvalue weighted by molar-refractivity contribution is 7.99. The van der Waals surface area contributed by atoms with Gasteiger partial charge in [-0.3, -0.25) is 0 Å². The average molecular weight is 257 g/mol. The van der Waals surface area contributed by atoms with Crippen LogP contribution in [0, 0.1) is 0 Å². The summed E-state index contributed by atoms with van der Waals surface area (Å²) in [5, 5.41) is 4.02. The molecular weight excluding hydrogens is 238 g/mol. The van der Waals surface area contributed by atoms with Crippen LogP contribution in [0.2, 0.25) is 0 Å². The van der Waals surface area contributed by atoms with E-state index in [0.717, 1.165) is 41.9 Å². The van der Waals surface area contributed by atoms with Gasteiger partial charge in [-0.1, -0.05) is 0 Å². The van der Waals surface area contributed by atoms with Crippen molar-refractivity contribution in [1.29, 1.82) is 0 Å². The standard InChI is InChI=1S/C11H19N3O2S/c1-4-12-10-9(16-3)11(14-8-13-10)17-7-5-6-15-2/h8H,4-7H2,1-3H3,(H,12,13,14). The van der Waals surface area contributed by atoms with Crippen molar-refractivity contribution < 1.29 is 9.47 Å². The SMILES string of the molecule is CCNc1ncnc(SCCCOC)c1OC. The van der Waals surface area contributed by atoms with Crippen LogP contribution in [0.4, 0.5) is 5.82 Å². The summed E-state index contributed by atoms with van der Waals surface area (Å²) in [6, 6.07) is 0. The van der Waals surface area contributed by atoms with Gasteiger partial charge in [0.15, 0.2) is 11.6 Å². The zero-order chi connectivity index (χ0) is 12.5. The predicted molar refractivity (Wildman–Crippen MR) is 70.0 cm³/mol. The first kappa shape index (κ1) is 14.1. The molecule has 96 valence electrons. The normalized spacial score (nSPS) is 10.3. The zero-order valence-corrected chi connectivity index (χ0v) is 11.3. The lowest BCUT2D eigenvalue weighted by atomic mass is 10.5. The quantitative estimate of drug-likeness (QED) is 0.437. The smallest absolute Gasteiger partial charge is 0.193 e. The third kappa shape index (κ3) is 4.40. The van der Waals surface area contributed by atoms with Gasteiger partial charge in [-0.25, -0.2) is 9.97 Å². The van der Waals surface area contributed by atoms with E-state index in [1.54, 1.807) is 32.3 Å². The van der Waals surface area contributed by atoms with Crippen LogP contribution in [0.3, 0.4) is 0 Å². The Kier molecular flexibility index (Phi) is 6.73. The Bertz CT molecular complexity index is 336. The predicted octanol–water partition coefficient (Wildman–Crippen LogP) is 2.05. The number of ether oxygens (including phenoxy) is 2. The van der Waals surface area contributed by atoms with E-state index in [1.165, 1.54) is 0 Å². The van der Waals surface area contributed by atoms with E-state index in [-0.39, 0.29) is 0 Å². The number of methoxy groups -OCH3 is 2. The van der Waals surface area contributed by atoms with Crippen LogP contribution in [0.5, 0.6) is 5.75 Å². The number of hydrogen-bond donors (Lipinski definition) is 1. The Morgan fingerprint density at radius 1 is 1.35 bits per heavy atom. The summed E-state index contributed by atoms with van der Waals surface area (Å²) >= 11 is 1.66. The van der Waals surface area contributed by atoms with Gasteiger partial charge in [-0.2, -0.15) is 0 Å². The van der Waals surface area contributed by atoms with Crippen molar-refractivity contribution >= 4 is 17.6 Å². The van der Waals surface area contributed by atoms with Gasteiger partial charge in [-0.05, 0) is 13.3 Å². The molecule has 0 saturated heterocycles. The van der Waals surface area contributed by atoms with Gasteiger partial charge in [0, 0.05) is 26.0 Å². The summed E-state index contributed by atoms with van der Waals surface area (Å²) in [4.78, 5) is 8.40. The van der Waals surface area contributed by atoms with Crippen molar-refractivity contribution in [3.8, 4) is 5.75 Å². The molecule has 0 radical (unpaired) electrons. The highest BCUT2D eigenvalue weighted by Crippen LogP contribution is 2.32. The third-order valence-corrected chi connectivity index (χ3v) is 3.11. The largest absolute Gasteiger partial charge is 0.490 e. The number of nitrogens with zero attached hydrogens (tertiary/aromatic N) is 2. The number of hydrogen-bond acceptors (Lipinski definition) is 6. The molecule has 0 aliphatic rings. The van der Waals surface area contributed by atoms with Crippen LogP contribution in [0.1, 0.15) is 13.3 Å². The molecule has 0 spiro atoms. The summed E-state index contributed by atoms with van der Waals surface area (Å²) in [7, 11) is 3.35. The Morgan fingerprint density at radius 2 is 2.18 bits per heavy atom. The fraction of sp³-hybridized carbons (Fsp3) is 0.636. The van der Waals surface area contributed by atoms with Crippen molar-refractivity contribution in [2.45, 2.75) is 18.4 Å². The second-order valence-electron chi connectivity index (χ2n) is 3.29. The van der Waals surface area contributed by atoms with Gasteiger partial charge >= 0.3 is 0 Å². The molecule has 5 nitrogen and oxygen atoms in total. The molecular formula is C11H19N3O2S. The van der Waals surface area contributed by atoms with E-state index < -0.39 is 0 Å². The molecule has 0 atom stereocenters. The maximum absolute atomic E-state index is 5.35. The minimum atomic E-state index is 0.719. The van der Waals surface area contributed by atoms with E-state index in [0.29, 0.717) is 0 Å². The minimum absolute atomic E-state index is 0.719. The molecule has 17 heavy (non-hydrogen) atoms. The van der Waals surface area contributed by atoms with Crippen LogP contribution in [0.15, 0.2) is 11.4 Å². The molecule has 0 aromatic carbocycles. The maximum Gasteiger partial charge on any atom is 0.193 e. The maximum atomic E-state index is 5.35. The van der Waals surface area contributed by atoms with E-state index in [1.807, 2.05) is 6.92 Å². The molecule has 6 heteroatoms.